The summed E-state index contributed by atoms with van der Waals surface area (Å²) in [5.74, 6) is -0.542. The fraction of sp³-hybridized carbons (Fsp3) is 0.192. The summed E-state index contributed by atoms with van der Waals surface area (Å²) in [5, 5.41) is 0. The molecule has 0 saturated heterocycles. The molecule has 5 nitrogen and oxygen atoms in total. The third-order valence-electron chi connectivity index (χ3n) is 5.84. The molecule has 0 fully saturated rings. The minimum atomic E-state index is -0.542. The van der Waals surface area contributed by atoms with E-state index in [4.69, 9.17) is 9.73 Å². The average molecular weight is 443 g/mol. The summed E-state index contributed by atoms with van der Waals surface area (Å²) in [5.41, 5.74) is 5.28. The van der Waals surface area contributed by atoms with E-state index in [9.17, 15) is 9.59 Å². The highest BCUT2D eigenvalue weighted by Gasteiger charge is 2.32. The lowest BCUT2D eigenvalue weighted by Gasteiger charge is -2.31. The first-order chi connectivity index (χ1) is 15.7. The van der Waals surface area contributed by atoms with E-state index < -0.39 is 5.97 Å². The van der Waals surface area contributed by atoms with Gasteiger partial charge in [0.25, 0.3) is 5.56 Å². The highest BCUT2D eigenvalue weighted by molar-refractivity contribution is 7.07. The lowest BCUT2D eigenvalue weighted by atomic mass is 9.84. The third kappa shape index (κ3) is 3.67. The van der Waals surface area contributed by atoms with Gasteiger partial charge in [0.05, 0.1) is 18.8 Å². The summed E-state index contributed by atoms with van der Waals surface area (Å²) >= 11 is 1.23. The van der Waals surface area contributed by atoms with Gasteiger partial charge in [-0.05, 0) is 47.6 Å². The summed E-state index contributed by atoms with van der Waals surface area (Å²) in [6, 6.07) is 20.1. The van der Waals surface area contributed by atoms with Crippen LogP contribution in [-0.4, -0.2) is 17.6 Å². The van der Waals surface area contributed by atoms with Crippen LogP contribution in [-0.2, 0) is 9.53 Å². The first kappa shape index (κ1) is 20.4. The number of methoxy groups -OCH3 is 1. The molecule has 6 heteroatoms. The van der Waals surface area contributed by atoms with E-state index in [1.165, 1.54) is 30.1 Å². The second kappa shape index (κ2) is 8.55. The quantitative estimate of drug-likeness (QED) is 0.583. The van der Waals surface area contributed by atoms with Crippen molar-refractivity contribution in [2.75, 3.05) is 7.11 Å². The van der Waals surface area contributed by atoms with Crippen LogP contribution in [0.15, 0.2) is 87.3 Å². The number of thiazole rings is 1. The maximum absolute atomic E-state index is 13.3. The molecule has 2 aliphatic rings. The third-order valence-corrected chi connectivity index (χ3v) is 6.82. The Morgan fingerprint density at radius 1 is 1.09 bits per heavy atom. The van der Waals surface area contributed by atoms with Crippen LogP contribution >= 0.6 is 11.3 Å². The van der Waals surface area contributed by atoms with Crippen LogP contribution < -0.4 is 14.9 Å². The summed E-state index contributed by atoms with van der Waals surface area (Å²) in [4.78, 5) is 30.7. The topological polar surface area (TPSA) is 60.7 Å². The van der Waals surface area contributed by atoms with Crippen molar-refractivity contribution in [2.45, 2.75) is 25.3 Å². The molecule has 32 heavy (non-hydrogen) atoms. The summed E-state index contributed by atoms with van der Waals surface area (Å²) in [7, 11) is 1.31. The van der Waals surface area contributed by atoms with Crippen LogP contribution in [0.1, 0.15) is 36.4 Å². The molecule has 0 unspecified atom stereocenters. The Labute approximate surface area is 189 Å². The first-order valence-electron chi connectivity index (χ1n) is 10.6. The van der Waals surface area contributed by atoms with Crippen molar-refractivity contribution in [1.29, 1.82) is 0 Å². The molecule has 2 aromatic carbocycles. The fourth-order valence-corrected chi connectivity index (χ4v) is 5.37. The number of benzene rings is 2. The van der Waals surface area contributed by atoms with Crippen molar-refractivity contribution in [3.8, 4) is 0 Å². The van der Waals surface area contributed by atoms with Crippen molar-refractivity contribution in [3.05, 3.63) is 108 Å². The number of aromatic nitrogens is 1. The van der Waals surface area contributed by atoms with Crippen molar-refractivity contribution in [1.82, 2.24) is 4.57 Å². The van der Waals surface area contributed by atoms with Gasteiger partial charge in [0.2, 0.25) is 0 Å². The smallest absolute Gasteiger partial charge is 0.332 e. The SMILES string of the molecule is COC(=O)/C=c1\sc2n(c1=O)[C@@H](c1ccccc1)C1=C(N=2)/C(=C/c2ccccc2)CCC1. The van der Waals surface area contributed by atoms with Crippen LogP contribution in [0.5, 0.6) is 0 Å². The zero-order valence-electron chi connectivity index (χ0n) is 17.7. The zero-order valence-corrected chi connectivity index (χ0v) is 18.5. The highest BCUT2D eigenvalue weighted by atomic mass is 32.1. The number of esters is 1. The molecule has 0 N–H and O–H groups in total. The van der Waals surface area contributed by atoms with Gasteiger partial charge in [-0.1, -0.05) is 72.0 Å². The minimum Gasteiger partial charge on any atom is -0.466 e. The number of ether oxygens (including phenoxy) is 1. The van der Waals surface area contributed by atoms with Crippen molar-refractivity contribution in [3.63, 3.8) is 0 Å². The monoisotopic (exact) mass is 442 g/mol. The van der Waals surface area contributed by atoms with Crippen LogP contribution in [0.4, 0.5) is 0 Å². The van der Waals surface area contributed by atoms with Gasteiger partial charge in [-0.3, -0.25) is 9.36 Å². The number of carbonyl (C=O) groups is 1. The Morgan fingerprint density at radius 3 is 2.53 bits per heavy atom. The molecule has 1 atom stereocenters. The van der Waals surface area contributed by atoms with E-state index >= 15 is 0 Å². The van der Waals surface area contributed by atoms with E-state index in [0.717, 1.165) is 41.7 Å². The molecule has 5 rings (SSSR count). The molecular formula is C26H22N2O3S. The molecule has 1 aromatic heterocycles. The second-order valence-electron chi connectivity index (χ2n) is 7.82. The Hall–Kier alpha value is -3.51. The lowest BCUT2D eigenvalue weighted by molar-refractivity contribution is -0.133. The summed E-state index contributed by atoms with van der Waals surface area (Å²) in [6.45, 7) is 0. The maximum Gasteiger partial charge on any atom is 0.332 e. The van der Waals surface area contributed by atoms with Gasteiger partial charge >= 0.3 is 5.97 Å². The van der Waals surface area contributed by atoms with Crippen molar-refractivity contribution >= 4 is 29.5 Å². The van der Waals surface area contributed by atoms with E-state index in [2.05, 4.69) is 18.2 Å². The number of fused-ring (bicyclic) bond motifs is 1. The van der Waals surface area contributed by atoms with Crippen LogP contribution in [0, 0.1) is 0 Å². The minimum absolute atomic E-state index is 0.210. The Balaban J connectivity index is 1.77. The molecule has 0 amide bonds. The van der Waals surface area contributed by atoms with Gasteiger partial charge in [-0.25, -0.2) is 9.79 Å². The second-order valence-corrected chi connectivity index (χ2v) is 8.83. The number of carbonyl (C=O) groups excluding carboxylic acids is 1. The van der Waals surface area contributed by atoms with Gasteiger partial charge in [0.1, 0.15) is 4.53 Å². The van der Waals surface area contributed by atoms with Crippen molar-refractivity contribution < 1.29 is 9.53 Å². The Bertz CT molecular complexity index is 1410. The van der Waals surface area contributed by atoms with Gasteiger partial charge in [0, 0.05) is 6.08 Å². The molecule has 1 aliphatic heterocycles. The number of allylic oxidation sites excluding steroid dienone is 2. The molecular weight excluding hydrogens is 420 g/mol. The van der Waals surface area contributed by atoms with E-state index in [0.29, 0.717) is 9.33 Å². The normalized spacial score (nSPS) is 19.3. The molecule has 3 aromatic rings. The largest absolute Gasteiger partial charge is 0.466 e. The standard InChI is InChI=1S/C26H22N2O3S/c1-31-22(29)16-21-25(30)28-24(18-11-6-3-7-12-18)20-14-8-13-19(23(20)27-26(28)32-21)15-17-9-4-2-5-10-17/h2-7,9-12,15-16,24H,8,13-14H2,1H3/b19-15+,21-16-/t24-/m0/s1. The number of rotatable bonds is 3. The summed E-state index contributed by atoms with van der Waals surface area (Å²) in [6.07, 6.45) is 6.28. The molecule has 160 valence electrons. The molecule has 1 aliphatic carbocycles. The summed E-state index contributed by atoms with van der Waals surface area (Å²) < 4.78 is 6.82. The van der Waals surface area contributed by atoms with Gasteiger partial charge in [-0.15, -0.1) is 0 Å². The Morgan fingerprint density at radius 2 is 1.81 bits per heavy atom. The van der Waals surface area contributed by atoms with Crippen LogP contribution in [0.2, 0.25) is 0 Å². The predicted octanol–water partition coefficient (Wildman–Crippen LogP) is 3.61. The first-order valence-corrected chi connectivity index (χ1v) is 11.4. The van der Waals surface area contributed by atoms with Crippen LogP contribution in [0.3, 0.4) is 0 Å². The maximum atomic E-state index is 13.3. The van der Waals surface area contributed by atoms with Gasteiger partial charge in [0.15, 0.2) is 4.80 Å². The van der Waals surface area contributed by atoms with E-state index in [-0.39, 0.29) is 11.6 Å². The molecule has 0 bridgehead atoms. The molecule has 2 heterocycles. The van der Waals surface area contributed by atoms with Gasteiger partial charge in [-0.2, -0.15) is 0 Å². The van der Waals surface area contributed by atoms with E-state index in [1.807, 2.05) is 48.5 Å². The molecule has 0 spiro atoms. The fourth-order valence-electron chi connectivity index (χ4n) is 4.41. The number of hydrogen-bond donors (Lipinski definition) is 0. The molecule has 0 saturated carbocycles. The Kier molecular flexibility index (Phi) is 5.45. The van der Waals surface area contributed by atoms with Gasteiger partial charge < -0.3 is 4.74 Å². The number of nitrogens with zero attached hydrogens (tertiary/aromatic N) is 2. The van der Waals surface area contributed by atoms with Crippen LogP contribution in [0.25, 0.3) is 12.2 Å². The molecule has 0 radical (unpaired) electrons. The number of hydrogen-bond acceptors (Lipinski definition) is 5. The average Bonchev–Trinajstić information content (AvgIpc) is 3.13. The predicted molar refractivity (Wildman–Crippen MR) is 126 cm³/mol. The lowest BCUT2D eigenvalue weighted by Crippen LogP contribution is -2.39. The van der Waals surface area contributed by atoms with E-state index in [1.54, 1.807) is 4.57 Å². The van der Waals surface area contributed by atoms with Crippen molar-refractivity contribution in [2.24, 2.45) is 4.99 Å². The highest BCUT2D eigenvalue weighted by Crippen LogP contribution is 2.40. The zero-order chi connectivity index (χ0) is 22.1.